The van der Waals surface area contributed by atoms with E-state index < -0.39 is 43.1 Å². The van der Waals surface area contributed by atoms with Crippen LogP contribution < -0.4 is 5.32 Å². The van der Waals surface area contributed by atoms with Crippen molar-refractivity contribution >= 4 is 49.5 Å². The van der Waals surface area contributed by atoms with Gasteiger partial charge in [0.15, 0.2) is 15.6 Å². The predicted octanol–water partition coefficient (Wildman–Crippen LogP) is 4.41. The van der Waals surface area contributed by atoms with E-state index in [9.17, 15) is 36.1 Å². The largest absolute Gasteiger partial charge is 0.403 e. The van der Waals surface area contributed by atoms with Gasteiger partial charge >= 0.3 is 6.18 Å². The van der Waals surface area contributed by atoms with Crippen LogP contribution in [0.1, 0.15) is 0 Å². The van der Waals surface area contributed by atoms with E-state index in [4.69, 9.17) is 11.6 Å². The van der Waals surface area contributed by atoms with E-state index in [1.165, 1.54) is 12.1 Å². The maximum absolute atomic E-state index is 13.3. The quantitative estimate of drug-likeness (QED) is 0.338. The minimum atomic E-state index is -5.10. The fraction of sp³-hybridized carbons (Fsp3) is 0.125. The van der Waals surface area contributed by atoms with Crippen LogP contribution in [-0.4, -0.2) is 35.2 Å². The number of fused-ring (bicyclic) bond motifs is 1. The number of hydrogen-bond acceptors (Lipinski definition) is 7. The van der Waals surface area contributed by atoms with E-state index in [1.807, 2.05) is 0 Å². The topological polar surface area (TPSA) is 115 Å². The second-order valence-corrected chi connectivity index (χ2v) is 8.31. The molecule has 1 N–H and O–H groups in total. The molecule has 0 spiro atoms. The third-order valence-corrected chi connectivity index (χ3v) is 5.78. The minimum absolute atomic E-state index is 0.0365. The van der Waals surface area contributed by atoms with Gasteiger partial charge < -0.3 is 5.32 Å². The first-order chi connectivity index (χ1) is 13.9. The zero-order chi connectivity index (χ0) is 22.3. The molecule has 0 atom stereocenters. The Labute approximate surface area is 170 Å². The van der Waals surface area contributed by atoms with Crippen molar-refractivity contribution in [1.29, 1.82) is 0 Å². The van der Waals surface area contributed by atoms with Crippen LogP contribution in [0.4, 0.5) is 34.8 Å². The van der Waals surface area contributed by atoms with Gasteiger partial charge in [-0.05, 0) is 24.3 Å². The number of nitro benzene ring substituents is 1. The molecular formula is C16H9ClF4N4O4S. The fourth-order valence-electron chi connectivity index (χ4n) is 2.57. The number of rotatable bonds is 5. The summed E-state index contributed by atoms with van der Waals surface area (Å²) in [5.41, 5.74) is -0.980. The van der Waals surface area contributed by atoms with Crippen molar-refractivity contribution in [2.45, 2.75) is 11.1 Å². The van der Waals surface area contributed by atoms with Gasteiger partial charge in [0.1, 0.15) is 22.9 Å². The molecular weight excluding hydrogens is 456 g/mol. The van der Waals surface area contributed by atoms with Crippen molar-refractivity contribution in [2.75, 3.05) is 11.1 Å². The molecule has 158 valence electrons. The average Bonchev–Trinajstić information content (AvgIpc) is 2.62. The Kier molecular flexibility index (Phi) is 5.52. The molecule has 0 aliphatic heterocycles. The smallest absolute Gasteiger partial charge is 0.340 e. The van der Waals surface area contributed by atoms with E-state index in [0.29, 0.717) is 6.07 Å². The summed E-state index contributed by atoms with van der Waals surface area (Å²) < 4.78 is 75.5. The highest BCUT2D eigenvalue weighted by atomic mass is 35.5. The maximum atomic E-state index is 13.3. The summed E-state index contributed by atoms with van der Waals surface area (Å²) in [5.74, 6) is -2.99. The molecule has 0 radical (unpaired) electrons. The van der Waals surface area contributed by atoms with Gasteiger partial charge in [-0.1, -0.05) is 11.6 Å². The first-order valence-electron chi connectivity index (χ1n) is 7.82. The molecule has 30 heavy (non-hydrogen) atoms. The summed E-state index contributed by atoms with van der Waals surface area (Å²) in [6.07, 6.45) is -4.12. The van der Waals surface area contributed by atoms with Crippen molar-refractivity contribution in [2.24, 2.45) is 0 Å². The number of hydrogen-bond donors (Lipinski definition) is 1. The van der Waals surface area contributed by atoms with Gasteiger partial charge in [0.05, 0.1) is 15.5 Å². The Hall–Kier alpha value is -3.06. The van der Waals surface area contributed by atoms with Gasteiger partial charge in [-0.25, -0.2) is 22.8 Å². The number of nitrogens with one attached hydrogen (secondary N) is 1. The van der Waals surface area contributed by atoms with Crippen molar-refractivity contribution in [3.8, 4) is 0 Å². The summed E-state index contributed by atoms with van der Waals surface area (Å²) in [6, 6.07) is 5.00. The van der Waals surface area contributed by atoms with Crippen molar-refractivity contribution < 1.29 is 30.9 Å². The van der Waals surface area contributed by atoms with E-state index in [-0.39, 0.29) is 27.4 Å². The summed E-state index contributed by atoms with van der Waals surface area (Å²) in [7, 11) is -5.07. The number of halogens is 5. The van der Waals surface area contributed by atoms with Crippen LogP contribution in [0, 0.1) is 15.9 Å². The second kappa shape index (κ2) is 7.65. The second-order valence-electron chi connectivity index (χ2n) is 5.94. The van der Waals surface area contributed by atoms with E-state index in [2.05, 4.69) is 15.3 Å². The number of aromatic nitrogens is 2. The van der Waals surface area contributed by atoms with Gasteiger partial charge in [0.2, 0.25) is 0 Å². The van der Waals surface area contributed by atoms with Crippen LogP contribution in [0.3, 0.4) is 0 Å². The third-order valence-electron chi connectivity index (χ3n) is 3.78. The lowest BCUT2D eigenvalue weighted by atomic mass is 10.2. The molecule has 8 nitrogen and oxygen atoms in total. The first-order valence-corrected chi connectivity index (χ1v) is 9.85. The summed E-state index contributed by atoms with van der Waals surface area (Å²) in [4.78, 5) is 16.8. The molecule has 3 aromatic rings. The molecule has 1 heterocycles. The Morgan fingerprint density at radius 2 is 1.87 bits per heavy atom. The summed E-state index contributed by atoms with van der Waals surface area (Å²) in [6.45, 7) is 0. The Bertz CT molecular complexity index is 1270. The molecule has 2 aromatic carbocycles. The lowest BCUT2D eigenvalue weighted by Crippen LogP contribution is -2.23. The van der Waals surface area contributed by atoms with Crippen molar-refractivity contribution in [1.82, 2.24) is 9.97 Å². The third kappa shape index (κ3) is 4.57. The van der Waals surface area contributed by atoms with Crippen LogP contribution in [-0.2, 0) is 9.84 Å². The lowest BCUT2D eigenvalue weighted by molar-refractivity contribution is -0.387. The number of sulfone groups is 1. The minimum Gasteiger partial charge on any atom is -0.340 e. The monoisotopic (exact) mass is 464 g/mol. The molecule has 3 rings (SSSR count). The highest BCUT2D eigenvalue weighted by molar-refractivity contribution is 7.91. The van der Waals surface area contributed by atoms with Gasteiger partial charge in [0, 0.05) is 17.1 Å². The zero-order valence-corrected chi connectivity index (χ0v) is 16.0. The maximum Gasteiger partial charge on any atom is 0.403 e. The molecule has 1 aromatic heterocycles. The number of benzene rings is 2. The van der Waals surface area contributed by atoms with Gasteiger partial charge in [-0.2, -0.15) is 13.2 Å². The number of anilines is 2. The first kappa shape index (κ1) is 21.6. The highest BCUT2D eigenvalue weighted by Crippen LogP contribution is 2.35. The molecule has 14 heteroatoms. The molecule has 0 aliphatic rings. The number of nitrogens with zero attached hydrogens (tertiary/aromatic N) is 3. The van der Waals surface area contributed by atoms with E-state index in [0.717, 1.165) is 18.5 Å². The highest BCUT2D eigenvalue weighted by Gasteiger charge is 2.39. The number of nitro groups is 1. The standard InChI is InChI=1S/C16H9ClF4N4O4S/c17-10-3-8(1-2-11(10)18)24-15-9-4-13(25(26)27)14(5-12(9)22-7-23-15)30(28,29)6-16(19,20)21/h1-5,7H,6H2,(H,22,23,24). The lowest BCUT2D eigenvalue weighted by Gasteiger charge is -2.12. The zero-order valence-electron chi connectivity index (χ0n) is 14.4. The van der Waals surface area contributed by atoms with Gasteiger partial charge in [-0.3, -0.25) is 10.1 Å². The molecule has 0 amide bonds. The molecule has 0 fully saturated rings. The summed E-state index contributed by atoms with van der Waals surface area (Å²) >= 11 is 5.69. The Morgan fingerprint density at radius 3 is 2.47 bits per heavy atom. The van der Waals surface area contributed by atoms with Crippen LogP contribution in [0.2, 0.25) is 5.02 Å². The van der Waals surface area contributed by atoms with Crippen molar-refractivity contribution in [3.05, 3.63) is 57.6 Å². The Morgan fingerprint density at radius 1 is 1.17 bits per heavy atom. The normalized spacial score (nSPS) is 12.2. The molecule has 0 aliphatic carbocycles. The number of alkyl halides is 3. The fourth-order valence-corrected chi connectivity index (χ4v) is 4.08. The molecule has 0 bridgehead atoms. The van der Waals surface area contributed by atoms with Crippen LogP contribution in [0.15, 0.2) is 41.6 Å². The van der Waals surface area contributed by atoms with Crippen LogP contribution >= 0.6 is 11.6 Å². The molecule has 0 saturated heterocycles. The SMILES string of the molecule is O=[N+]([O-])c1cc2c(Nc3ccc(F)c(Cl)c3)ncnc2cc1S(=O)(=O)CC(F)(F)F. The van der Waals surface area contributed by atoms with Crippen LogP contribution in [0.5, 0.6) is 0 Å². The van der Waals surface area contributed by atoms with Gasteiger partial charge in [-0.15, -0.1) is 0 Å². The average molecular weight is 465 g/mol. The van der Waals surface area contributed by atoms with E-state index >= 15 is 0 Å². The van der Waals surface area contributed by atoms with Gasteiger partial charge in [0.25, 0.3) is 5.69 Å². The predicted molar refractivity (Wildman–Crippen MR) is 99.0 cm³/mol. The molecule has 0 saturated carbocycles. The molecule has 0 unspecified atom stereocenters. The Balaban J connectivity index is 2.17. The van der Waals surface area contributed by atoms with Crippen LogP contribution in [0.25, 0.3) is 10.9 Å². The summed E-state index contributed by atoms with van der Waals surface area (Å²) in [5, 5.41) is 13.8. The van der Waals surface area contributed by atoms with Crippen molar-refractivity contribution in [3.63, 3.8) is 0 Å². The van der Waals surface area contributed by atoms with E-state index in [1.54, 1.807) is 0 Å².